The van der Waals surface area contributed by atoms with E-state index in [9.17, 15) is 4.79 Å². The topological polar surface area (TPSA) is 116 Å². The summed E-state index contributed by atoms with van der Waals surface area (Å²) in [5.41, 5.74) is 3.45. The smallest absolute Gasteiger partial charge is 0.220 e. The number of hydrogen-bond acceptors (Lipinski definition) is 7. The van der Waals surface area contributed by atoms with Gasteiger partial charge in [0.15, 0.2) is 5.82 Å². The van der Waals surface area contributed by atoms with Gasteiger partial charge >= 0.3 is 0 Å². The predicted octanol–water partition coefficient (Wildman–Crippen LogP) is 2.73. The van der Waals surface area contributed by atoms with Crippen molar-refractivity contribution in [3.05, 3.63) is 24.0 Å². The standard InChI is InChI=1S/C22H33N7O2/c1-15(2)13-20(31)24-9-4-5-10-25-21-22-28-27-16(3)29(22)19-8-7-17(14-18(19)26-21)23-11-6-12-30/h7-8,14-15,23,30H,4-6,9-13H2,1-3H3,(H,24,31)(H,25,26). The lowest BCUT2D eigenvalue weighted by Crippen LogP contribution is -2.25. The molecule has 1 amide bonds. The minimum absolute atomic E-state index is 0.114. The van der Waals surface area contributed by atoms with Gasteiger partial charge in [-0.2, -0.15) is 0 Å². The van der Waals surface area contributed by atoms with Crippen LogP contribution < -0.4 is 16.0 Å². The fourth-order valence-electron chi connectivity index (χ4n) is 3.44. The van der Waals surface area contributed by atoms with Crippen LogP contribution in [0.15, 0.2) is 18.2 Å². The van der Waals surface area contributed by atoms with Crippen molar-refractivity contribution in [1.29, 1.82) is 0 Å². The van der Waals surface area contributed by atoms with Gasteiger partial charge in [-0.05, 0) is 50.3 Å². The first-order valence-electron chi connectivity index (χ1n) is 11.0. The molecule has 0 aliphatic heterocycles. The average molecular weight is 428 g/mol. The molecule has 168 valence electrons. The molecule has 31 heavy (non-hydrogen) atoms. The largest absolute Gasteiger partial charge is 0.396 e. The van der Waals surface area contributed by atoms with Crippen LogP contribution in [-0.4, -0.2) is 56.8 Å². The van der Waals surface area contributed by atoms with E-state index in [4.69, 9.17) is 10.1 Å². The average Bonchev–Trinajstić information content (AvgIpc) is 3.12. The number of nitrogens with one attached hydrogen (secondary N) is 3. The maximum Gasteiger partial charge on any atom is 0.220 e. The van der Waals surface area contributed by atoms with Gasteiger partial charge in [0.2, 0.25) is 11.6 Å². The van der Waals surface area contributed by atoms with Crippen molar-refractivity contribution in [2.24, 2.45) is 5.92 Å². The number of amides is 1. The highest BCUT2D eigenvalue weighted by Gasteiger charge is 2.13. The molecule has 0 saturated heterocycles. The molecule has 3 aromatic rings. The lowest BCUT2D eigenvalue weighted by Gasteiger charge is -2.12. The molecule has 0 fully saturated rings. The van der Waals surface area contributed by atoms with E-state index in [1.807, 2.05) is 43.4 Å². The second-order valence-corrected chi connectivity index (χ2v) is 8.16. The molecule has 0 atom stereocenters. The van der Waals surface area contributed by atoms with E-state index in [-0.39, 0.29) is 12.5 Å². The number of benzene rings is 1. The molecule has 2 aromatic heterocycles. The van der Waals surface area contributed by atoms with Gasteiger partial charge in [0.05, 0.1) is 11.0 Å². The third-order valence-corrected chi connectivity index (χ3v) is 4.96. The number of aryl methyl sites for hydroxylation is 1. The van der Waals surface area contributed by atoms with Crippen LogP contribution >= 0.6 is 0 Å². The Labute approximate surface area is 182 Å². The fraction of sp³-hybridized carbons (Fsp3) is 0.545. The van der Waals surface area contributed by atoms with Crippen molar-refractivity contribution in [3.8, 4) is 0 Å². The van der Waals surface area contributed by atoms with Crippen molar-refractivity contribution in [3.63, 3.8) is 0 Å². The molecule has 3 rings (SSSR count). The highest BCUT2D eigenvalue weighted by molar-refractivity contribution is 5.85. The monoisotopic (exact) mass is 427 g/mol. The normalized spacial score (nSPS) is 11.4. The molecule has 1 aromatic carbocycles. The van der Waals surface area contributed by atoms with Crippen LogP contribution in [0.5, 0.6) is 0 Å². The summed E-state index contributed by atoms with van der Waals surface area (Å²) in [6.45, 7) is 8.29. The first kappa shape index (κ1) is 22.7. The Balaban J connectivity index is 1.65. The van der Waals surface area contributed by atoms with Crippen LogP contribution in [0.1, 0.15) is 45.4 Å². The molecule has 0 unspecified atom stereocenters. The minimum atomic E-state index is 0.114. The summed E-state index contributed by atoms with van der Waals surface area (Å²) < 4.78 is 2.01. The molecule has 9 heteroatoms. The number of rotatable bonds is 12. The second-order valence-electron chi connectivity index (χ2n) is 8.16. The number of aromatic nitrogens is 4. The second kappa shape index (κ2) is 10.9. The van der Waals surface area contributed by atoms with E-state index in [2.05, 4.69) is 26.1 Å². The van der Waals surface area contributed by atoms with Gasteiger partial charge in [-0.25, -0.2) is 4.98 Å². The predicted molar refractivity (Wildman–Crippen MR) is 123 cm³/mol. The first-order valence-corrected chi connectivity index (χ1v) is 11.0. The Kier molecular flexibility index (Phi) is 8.00. The van der Waals surface area contributed by atoms with E-state index < -0.39 is 0 Å². The van der Waals surface area contributed by atoms with Gasteiger partial charge in [0, 0.05) is 38.3 Å². The number of carbonyl (C=O) groups excluding carboxylic acids is 1. The zero-order chi connectivity index (χ0) is 22.2. The number of fused-ring (bicyclic) bond motifs is 3. The third kappa shape index (κ3) is 6.04. The number of hydrogen-bond donors (Lipinski definition) is 4. The maximum absolute atomic E-state index is 11.7. The Morgan fingerprint density at radius 3 is 2.65 bits per heavy atom. The number of unbranched alkanes of at least 4 members (excludes halogenated alkanes) is 1. The van der Waals surface area contributed by atoms with Gasteiger partial charge in [0.1, 0.15) is 5.82 Å². The zero-order valence-electron chi connectivity index (χ0n) is 18.6. The fourth-order valence-corrected chi connectivity index (χ4v) is 3.44. The van der Waals surface area contributed by atoms with Crippen molar-refractivity contribution in [2.75, 3.05) is 36.9 Å². The van der Waals surface area contributed by atoms with Crippen molar-refractivity contribution >= 4 is 34.1 Å². The number of carbonyl (C=O) groups is 1. The minimum Gasteiger partial charge on any atom is -0.396 e. The van der Waals surface area contributed by atoms with Crippen LogP contribution in [0.4, 0.5) is 11.5 Å². The van der Waals surface area contributed by atoms with Crippen molar-refractivity contribution < 1.29 is 9.90 Å². The molecule has 4 N–H and O–H groups in total. The summed E-state index contributed by atoms with van der Waals surface area (Å²) in [5, 5.41) is 27.2. The van der Waals surface area contributed by atoms with Crippen LogP contribution in [0.3, 0.4) is 0 Å². The summed E-state index contributed by atoms with van der Waals surface area (Å²) in [7, 11) is 0. The van der Waals surface area contributed by atoms with E-state index in [1.165, 1.54) is 0 Å². The maximum atomic E-state index is 11.7. The lowest BCUT2D eigenvalue weighted by atomic mass is 10.1. The highest BCUT2D eigenvalue weighted by Crippen LogP contribution is 2.24. The SMILES string of the molecule is Cc1nnc2c(NCCCCNC(=O)CC(C)C)nc3cc(NCCCO)ccc3n12. The molecule has 0 spiro atoms. The van der Waals surface area contributed by atoms with Crippen LogP contribution in [0.2, 0.25) is 0 Å². The molecular formula is C22H33N7O2. The van der Waals surface area contributed by atoms with Crippen LogP contribution in [0.25, 0.3) is 16.7 Å². The molecule has 0 bridgehead atoms. The summed E-state index contributed by atoms with van der Waals surface area (Å²) in [4.78, 5) is 16.5. The summed E-state index contributed by atoms with van der Waals surface area (Å²) >= 11 is 0. The zero-order valence-corrected chi connectivity index (χ0v) is 18.6. The number of aliphatic hydroxyl groups is 1. The summed E-state index contributed by atoms with van der Waals surface area (Å²) in [6.07, 6.45) is 3.06. The Hall–Kier alpha value is -2.94. The molecule has 2 heterocycles. The molecular weight excluding hydrogens is 394 g/mol. The Morgan fingerprint density at radius 2 is 1.87 bits per heavy atom. The van der Waals surface area contributed by atoms with Crippen LogP contribution in [-0.2, 0) is 4.79 Å². The van der Waals surface area contributed by atoms with Crippen molar-refractivity contribution in [1.82, 2.24) is 24.9 Å². The van der Waals surface area contributed by atoms with Gasteiger partial charge < -0.3 is 21.1 Å². The van der Waals surface area contributed by atoms with Gasteiger partial charge in [-0.1, -0.05) is 13.8 Å². The van der Waals surface area contributed by atoms with Gasteiger partial charge in [-0.15, -0.1) is 10.2 Å². The number of aliphatic hydroxyl groups excluding tert-OH is 1. The Bertz CT molecular complexity index is 1020. The Morgan fingerprint density at radius 1 is 1.10 bits per heavy atom. The van der Waals surface area contributed by atoms with Crippen molar-refractivity contribution in [2.45, 2.75) is 46.5 Å². The van der Waals surface area contributed by atoms with E-state index >= 15 is 0 Å². The van der Waals surface area contributed by atoms with E-state index in [1.54, 1.807) is 0 Å². The van der Waals surface area contributed by atoms with Crippen LogP contribution in [0, 0.1) is 12.8 Å². The first-order chi connectivity index (χ1) is 15.0. The quantitative estimate of drug-likeness (QED) is 0.328. The molecule has 0 saturated carbocycles. The van der Waals surface area contributed by atoms with Gasteiger partial charge in [-0.3, -0.25) is 9.20 Å². The number of anilines is 2. The van der Waals surface area contributed by atoms with Gasteiger partial charge in [0.25, 0.3) is 0 Å². The van der Waals surface area contributed by atoms with E-state index in [0.717, 1.165) is 41.9 Å². The molecule has 0 aliphatic carbocycles. The third-order valence-electron chi connectivity index (χ3n) is 4.96. The summed E-state index contributed by atoms with van der Waals surface area (Å²) in [5.74, 6) is 1.99. The molecule has 0 aliphatic rings. The summed E-state index contributed by atoms with van der Waals surface area (Å²) in [6, 6.07) is 6.01. The lowest BCUT2D eigenvalue weighted by molar-refractivity contribution is -0.121. The molecule has 9 nitrogen and oxygen atoms in total. The highest BCUT2D eigenvalue weighted by atomic mass is 16.3. The molecule has 0 radical (unpaired) electrons. The van der Waals surface area contributed by atoms with E-state index in [0.29, 0.717) is 43.3 Å². The number of nitrogens with zero attached hydrogens (tertiary/aromatic N) is 4.